The molecule has 1 saturated heterocycles. The summed E-state index contributed by atoms with van der Waals surface area (Å²) in [5.74, 6) is 0.377. The van der Waals surface area contributed by atoms with E-state index in [9.17, 15) is 4.79 Å². The molecule has 6 nitrogen and oxygen atoms in total. The van der Waals surface area contributed by atoms with Crippen molar-refractivity contribution in [1.82, 2.24) is 14.8 Å². The van der Waals surface area contributed by atoms with E-state index in [0.717, 1.165) is 13.1 Å². The van der Waals surface area contributed by atoms with Crippen molar-refractivity contribution in [3.05, 3.63) is 18.5 Å². The van der Waals surface area contributed by atoms with Gasteiger partial charge in [-0.25, -0.2) is 9.79 Å². The molecule has 1 aromatic heterocycles. The van der Waals surface area contributed by atoms with Crippen molar-refractivity contribution in [3.63, 3.8) is 0 Å². The molecule has 0 atom stereocenters. The first-order valence-electron chi connectivity index (χ1n) is 7.28. The molecule has 1 aliphatic heterocycles. The first kappa shape index (κ1) is 15.3. The number of amides is 1. The van der Waals surface area contributed by atoms with Crippen LogP contribution in [0, 0.1) is 0 Å². The molecular weight excluding hydrogens is 268 g/mol. The summed E-state index contributed by atoms with van der Waals surface area (Å²) in [6.07, 6.45) is 9.52. The van der Waals surface area contributed by atoms with Crippen LogP contribution in [0.4, 0.5) is 10.5 Å². The Morgan fingerprint density at radius 1 is 1.33 bits per heavy atom. The van der Waals surface area contributed by atoms with E-state index in [2.05, 4.69) is 14.9 Å². The summed E-state index contributed by atoms with van der Waals surface area (Å²) in [4.78, 5) is 23.6. The van der Waals surface area contributed by atoms with Crippen molar-refractivity contribution in [1.29, 1.82) is 0 Å². The smallest absolute Gasteiger partial charge is 0.406 e. The highest BCUT2D eigenvalue weighted by Gasteiger charge is 2.11. The summed E-state index contributed by atoms with van der Waals surface area (Å²) in [5.41, 5.74) is 0.615. The average Bonchev–Trinajstić information content (AvgIpc) is 2.75. The fourth-order valence-corrected chi connectivity index (χ4v) is 2.10. The first-order chi connectivity index (χ1) is 10.2. The minimum absolute atomic E-state index is 0.377. The van der Waals surface area contributed by atoms with Crippen LogP contribution in [0.1, 0.15) is 25.7 Å². The average molecular weight is 290 g/mol. The SMILES string of the molecule is CN(C)C(=O)Oc1cnccc1N=CN1CCCCCC1. The molecule has 0 saturated carbocycles. The normalized spacial score (nSPS) is 15.8. The maximum Gasteiger partial charge on any atom is 0.414 e. The zero-order valence-electron chi connectivity index (χ0n) is 12.7. The van der Waals surface area contributed by atoms with Gasteiger partial charge < -0.3 is 14.5 Å². The van der Waals surface area contributed by atoms with Crippen LogP contribution in [-0.2, 0) is 0 Å². The van der Waals surface area contributed by atoms with Gasteiger partial charge in [-0.15, -0.1) is 0 Å². The third-order valence-electron chi connectivity index (χ3n) is 3.33. The van der Waals surface area contributed by atoms with Crippen LogP contribution in [0.15, 0.2) is 23.5 Å². The van der Waals surface area contributed by atoms with Crippen LogP contribution in [0.2, 0.25) is 0 Å². The van der Waals surface area contributed by atoms with Crippen molar-refractivity contribution in [2.24, 2.45) is 4.99 Å². The fourth-order valence-electron chi connectivity index (χ4n) is 2.10. The van der Waals surface area contributed by atoms with Gasteiger partial charge in [0.2, 0.25) is 0 Å². The summed E-state index contributed by atoms with van der Waals surface area (Å²) >= 11 is 0. The van der Waals surface area contributed by atoms with Crippen LogP contribution >= 0.6 is 0 Å². The van der Waals surface area contributed by atoms with E-state index in [1.54, 1.807) is 26.4 Å². The Balaban J connectivity index is 2.06. The molecule has 0 aliphatic carbocycles. The molecule has 2 heterocycles. The summed E-state index contributed by atoms with van der Waals surface area (Å²) in [6, 6.07) is 1.74. The maximum absolute atomic E-state index is 11.6. The predicted molar refractivity (Wildman–Crippen MR) is 82.1 cm³/mol. The molecule has 1 aliphatic rings. The number of aliphatic imine (C=N–C) groups is 1. The third-order valence-corrected chi connectivity index (χ3v) is 3.33. The highest BCUT2D eigenvalue weighted by Crippen LogP contribution is 2.26. The number of carbonyl (C=O) groups is 1. The first-order valence-corrected chi connectivity index (χ1v) is 7.28. The van der Waals surface area contributed by atoms with Gasteiger partial charge in [0.05, 0.1) is 12.5 Å². The Kier molecular flexibility index (Phi) is 5.54. The van der Waals surface area contributed by atoms with Gasteiger partial charge in [-0.3, -0.25) is 4.98 Å². The number of pyridine rings is 1. The predicted octanol–water partition coefficient (Wildman–Crippen LogP) is 2.68. The third kappa shape index (κ3) is 4.73. The van der Waals surface area contributed by atoms with Gasteiger partial charge in [-0.2, -0.15) is 0 Å². The van der Waals surface area contributed by atoms with Gasteiger partial charge in [-0.05, 0) is 18.9 Å². The molecule has 21 heavy (non-hydrogen) atoms. The molecule has 0 bridgehead atoms. The number of hydrogen-bond donors (Lipinski definition) is 0. The molecule has 1 aromatic rings. The zero-order chi connectivity index (χ0) is 15.1. The molecule has 0 N–H and O–H groups in total. The van der Waals surface area contributed by atoms with Crippen LogP contribution in [0.5, 0.6) is 5.75 Å². The van der Waals surface area contributed by atoms with Gasteiger partial charge in [0.25, 0.3) is 0 Å². The number of likely N-dealkylation sites (tertiary alicyclic amines) is 1. The van der Waals surface area contributed by atoms with E-state index < -0.39 is 6.09 Å². The molecular formula is C15H22N4O2. The second kappa shape index (κ2) is 7.61. The van der Waals surface area contributed by atoms with Crippen molar-refractivity contribution < 1.29 is 9.53 Å². The molecule has 1 fully saturated rings. The lowest BCUT2D eigenvalue weighted by atomic mass is 10.2. The van der Waals surface area contributed by atoms with Crippen LogP contribution < -0.4 is 4.74 Å². The maximum atomic E-state index is 11.6. The Labute approximate surface area is 125 Å². The fraction of sp³-hybridized carbons (Fsp3) is 0.533. The van der Waals surface area contributed by atoms with Crippen molar-refractivity contribution >= 4 is 18.1 Å². The van der Waals surface area contributed by atoms with E-state index in [1.807, 2.05) is 6.34 Å². The molecule has 0 aromatic carbocycles. The molecule has 2 rings (SSSR count). The molecule has 0 radical (unpaired) electrons. The van der Waals surface area contributed by atoms with E-state index in [-0.39, 0.29) is 0 Å². The molecule has 0 unspecified atom stereocenters. The number of aromatic nitrogens is 1. The van der Waals surface area contributed by atoms with E-state index in [1.165, 1.54) is 36.8 Å². The molecule has 114 valence electrons. The van der Waals surface area contributed by atoms with E-state index >= 15 is 0 Å². The minimum Gasteiger partial charge on any atom is -0.406 e. The minimum atomic E-state index is -0.436. The van der Waals surface area contributed by atoms with Gasteiger partial charge in [0, 0.05) is 33.4 Å². The van der Waals surface area contributed by atoms with E-state index in [4.69, 9.17) is 4.74 Å². The summed E-state index contributed by atoms with van der Waals surface area (Å²) in [7, 11) is 3.28. The van der Waals surface area contributed by atoms with Crippen molar-refractivity contribution in [3.8, 4) is 5.75 Å². The van der Waals surface area contributed by atoms with Crippen molar-refractivity contribution in [2.45, 2.75) is 25.7 Å². The van der Waals surface area contributed by atoms with E-state index in [0.29, 0.717) is 11.4 Å². The summed E-state index contributed by atoms with van der Waals surface area (Å²) < 4.78 is 5.26. The van der Waals surface area contributed by atoms with Crippen LogP contribution in [-0.4, -0.2) is 54.4 Å². The number of rotatable bonds is 3. The Hall–Kier alpha value is -2.11. The number of nitrogens with zero attached hydrogens (tertiary/aromatic N) is 4. The van der Waals surface area contributed by atoms with Crippen LogP contribution in [0.3, 0.4) is 0 Å². The topological polar surface area (TPSA) is 58.0 Å². The lowest BCUT2D eigenvalue weighted by molar-refractivity contribution is 0.172. The zero-order valence-corrected chi connectivity index (χ0v) is 12.7. The summed E-state index contributed by atoms with van der Waals surface area (Å²) in [5, 5.41) is 0. The molecule has 0 spiro atoms. The number of carbonyl (C=O) groups excluding carboxylic acids is 1. The van der Waals surface area contributed by atoms with Crippen molar-refractivity contribution in [2.75, 3.05) is 27.2 Å². The molecule has 6 heteroatoms. The second-order valence-electron chi connectivity index (χ2n) is 5.30. The number of ether oxygens (including phenoxy) is 1. The molecule has 1 amide bonds. The lowest BCUT2D eigenvalue weighted by Gasteiger charge is -2.16. The van der Waals surface area contributed by atoms with Gasteiger partial charge in [0.15, 0.2) is 5.75 Å². The monoisotopic (exact) mass is 290 g/mol. The second-order valence-corrected chi connectivity index (χ2v) is 5.30. The van der Waals surface area contributed by atoms with Gasteiger partial charge >= 0.3 is 6.09 Å². The highest BCUT2D eigenvalue weighted by atomic mass is 16.6. The Bertz CT molecular complexity index is 494. The largest absolute Gasteiger partial charge is 0.414 e. The highest BCUT2D eigenvalue weighted by molar-refractivity contribution is 5.73. The van der Waals surface area contributed by atoms with Crippen LogP contribution in [0.25, 0.3) is 0 Å². The Morgan fingerprint density at radius 3 is 2.71 bits per heavy atom. The number of hydrogen-bond acceptors (Lipinski definition) is 4. The lowest BCUT2D eigenvalue weighted by Crippen LogP contribution is -2.25. The quantitative estimate of drug-likeness (QED) is 0.634. The Morgan fingerprint density at radius 2 is 2.05 bits per heavy atom. The van der Waals surface area contributed by atoms with Gasteiger partial charge in [0.1, 0.15) is 5.69 Å². The standard InChI is InChI=1S/C15H22N4O2/c1-18(2)15(20)21-14-11-16-8-7-13(14)17-12-19-9-5-3-4-6-10-19/h7-8,11-12H,3-6,9-10H2,1-2H3. The van der Waals surface area contributed by atoms with Gasteiger partial charge in [-0.1, -0.05) is 12.8 Å². The summed E-state index contributed by atoms with van der Waals surface area (Å²) in [6.45, 7) is 2.06.